The Hall–Kier alpha value is -1.34. The van der Waals surface area contributed by atoms with Crippen molar-refractivity contribution in [1.29, 1.82) is 0 Å². The van der Waals surface area contributed by atoms with Crippen LogP contribution in [0.25, 0.3) is 0 Å². The largest absolute Gasteiger partial charge is 0.383 e. The average molecular weight is 203 g/mol. The highest BCUT2D eigenvalue weighted by Gasteiger charge is 2.03. The minimum Gasteiger partial charge on any atom is -0.383 e. The van der Waals surface area contributed by atoms with Crippen LogP contribution in [-0.4, -0.2) is 38.2 Å². The fraction of sp³-hybridized carbons (Fsp3) is 0.714. The molecule has 1 amide bonds. The number of guanidine groups is 1. The first-order valence-electron chi connectivity index (χ1n) is 4.15. The van der Waals surface area contributed by atoms with E-state index in [9.17, 15) is 4.79 Å². The number of rotatable bonds is 5. The van der Waals surface area contributed by atoms with Gasteiger partial charge in [-0.2, -0.15) is 0 Å². The van der Waals surface area contributed by atoms with E-state index in [1.165, 1.54) is 0 Å². The zero-order valence-electron chi connectivity index (χ0n) is 8.41. The Morgan fingerprint density at radius 1 is 1.64 bits per heavy atom. The van der Waals surface area contributed by atoms with E-state index in [0.29, 0.717) is 12.6 Å². The molecule has 7 nitrogen and oxygen atoms in total. The molecule has 82 valence electrons. The van der Waals surface area contributed by atoms with Crippen LogP contribution in [0.3, 0.4) is 0 Å². The summed E-state index contributed by atoms with van der Waals surface area (Å²) in [5.74, 6) is 4.97. The van der Waals surface area contributed by atoms with Crippen LogP contribution in [0.2, 0.25) is 0 Å². The Balaban J connectivity index is 4.00. The third-order valence-electron chi connectivity index (χ3n) is 1.33. The molecule has 14 heavy (non-hydrogen) atoms. The van der Waals surface area contributed by atoms with E-state index < -0.39 is 5.91 Å². The molecule has 0 spiro atoms. The van der Waals surface area contributed by atoms with Crippen LogP contribution in [0.15, 0.2) is 4.99 Å². The normalized spacial score (nSPS) is 13.5. The molecule has 0 bridgehead atoms. The van der Waals surface area contributed by atoms with Gasteiger partial charge in [0.05, 0.1) is 6.61 Å². The van der Waals surface area contributed by atoms with Gasteiger partial charge in [-0.1, -0.05) is 0 Å². The van der Waals surface area contributed by atoms with Gasteiger partial charge in [0, 0.05) is 13.2 Å². The second-order valence-electron chi connectivity index (χ2n) is 2.78. The summed E-state index contributed by atoms with van der Waals surface area (Å²) in [6.45, 7) is 2.30. The van der Waals surface area contributed by atoms with E-state index >= 15 is 0 Å². The monoisotopic (exact) mass is 203 g/mol. The standard InChI is InChI=1S/C7H17N5O2/c1-5(4-14-2)11-7(12-9)10-3-6(8)13/h5H,3-4,9H2,1-2H3,(H2,8,13)(H2,10,11,12). The summed E-state index contributed by atoms with van der Waals surface area (Å²) >= 11 is 0. The molecule has 0 radical (unpaired) electrons. The number of aliphatic imine (C=N–C) groups is 1. The number of primary amides is 1. The number of hydrogen-bond donors (Lipinski definition) is 4. The highest BCUT2D eigenvalue weighted by Crippen LogP contribution is 1.82. The third-order valence-corrected chi connectivity index (χ3v) is 1.33. The summed E-state index contributed by atoms with van der Waals surface area (Å²) in [6.07, 6.45) is 0. The van der Waals surface area contributed by atoms with Crippen molar-refractivity contribution >= 4 is 11.9 Å². The molecule has 0 saturated heterocycles. The number of ether oxygens (including phenoxy) is 1. The Kier molecular flexibility index (Phi) is 6.42. The molecule has 0 fully saturated rings. The first-order chi connectivity index (χ1) is 6.60. The minimum atomic E-state index is -0.515. The summed E-state index contributed by atoms with van der Waals surface area (Å²) in [7, 11) is 1.59. The van der Waals surface area contributed by atoms with Crippen molar-refractivity contribution in [2.45, 2.75) is 13.0 Å². The number of amides is 1. The van der Waals surface area contributed by atoms with Gasteiger partial charge in [-0.05, 0) is 6.92 Å². The summed E-state index contributed by atoms with van der Waals surface area (Å²) in [5.41, 5.74) is 7.24. The lowest BCUT2D eigenvalue weighted by Gasteiger charge is -2.15. The van der Waals surface area contributed by atoms with Gasteiger partial charge in [-0.15, -0.1) is 0 Å². The lowest BCUT2D eigenvalue weighted by molar-refractivity contribution is -0.116. The predicted molar refractivity (Wildman–Crippen MR) is 53.3 cm³/mol. The van der Waals surface area contributed by atoms with E-state index in [0.717, 1.165) is 0 Å². The quantitative estimate of drug-likeness (QED) is 0.177. The summed E-state index contributed by atoms with van der Waals surface area (Å²) in [6, 6.07) is 0.0441. The maximum Gasteiger partial charge on any atom is 0.239 e. The molecule has 0 aromatic heterocycles. The number of hydrazine groups is 1. The zero-order valence-corrected chi connectivity index (χ0v) is 8.41. The average Bonchev–Trinajstić information content (AvgIpc) is 2.12. The van der Waals surface area contributed by atoms with Crippen LogP contribution >= 0.6 is 0 Å². The Bertz CT molecular complexity index is 206. The lowest BCUT2D eigenvalue weighted by Crippen LogP contribution is -2.47. The Labute approximate surface area is 82.8 Å². The van der Waals surface area contributed by atoms with Crippen LogP contribution in [0, 0.1) is 0 Å². The van der Waals surface area contributed by atoms with Crippen LogP contribution in [0.4, 0.5) is 0 Å². The molecular weight excluding hydrogens is 186 g/mol. The molecule has 6 N–H and O–H groups in total. The number of hydrogen-bond acceptors (Lipinski definition) is 4. The van der Waals surface area contributed by atoms with Gasteiger partial charge in [0.15, 0.2) is 0 Å². The number of carbonyl (C=O) groups excluding carboxylic acids is 1. The molecule has 0 heterocycles. The van der Waals surface area contributed by atoms with Crippen molar-refractivity contribution in [2.75, 3.05) is 20.3 Å². The van der Waals surface area contributed by atoms with Crippen LogP contribution in [0.5, 0.6) is 0 Å². The van der Waals surface area contributed by atoms with Crippen molar-refractivity contribution in [3.63, 3.8) is 0 Å². The van der Waals surface area contributed by atoms with Crippen molar-refractivity contribution in [3.05, 3.63) is 0 Å². The van der Waals surface area contributed by atoms with Gasteiger partial charge in [-0.25, -0.2) is 10.8 Å². The van der Waals surface area contributed by atoms with Crippen LogP contribution in [-0.2, 0) is 9.53 Å². The van der Waals surface area contributed by atoms with E-state index in [4.69, 9.17) is 16.3 Å². The Morgan fingerprint density at radius 2 is 2.29 bits per heavy atom. The fourth-order valence-corrected chi connectivity index (χ4v) is 0.815. The molecule has 0 rings (SSSR count). The second kappa shape index (κ2) is 7.10. The second-order valence-corrected chi connectivity index (χ2v) is 2.78. The van der Waals surface area contributed by atoms with Gasteiger partial charge in [0.1, 0.15) is 6.54 Å². The first kappa shape index (κ1) is 12.7. The van der Waals surface area contributed by atoms with Crippen molar-refractivity contribution in [1.82, 2.24) is 10.7 Å². The number of nitrogens with one attached hydrogen (secondary N) is 2. The SMILES string of the molecule is COCC(C)NC(=NCC(N)=O)NN. The van der Waals surface area contributed by atoms with Gasteiger partial charge in [0.2, 0.25) is 11.9 Å². The first-order valence-corrected chi connectivity index (χ1v) is 4.15. The van der Waals surface area contributed by atoms with Crippen molar-refractivity contribution < 1.29 is 9.53 Å². The van der Waals surface area contributed by atoms with Crippen molar-refractivity contribution in [3.8, 4) is 0 Å². The highest BCUT2D eigenvalue weighted by atomic mass is 16.5. The van der Waals surface area contributed by atoms with Gasteiger partial charge in [0.25, 0.3) is 0 Å². The highest BCUT2D eigenvalue weighted by molar-refractivity contribution is 5.83. The molecule has 0 aliphatic heterocycles. The van der Waals surface area contributed by atoms with E-state index in [2.05, 4.69) is 15.7 Å². The molecule has 7 heteroatoms. The zero-order chi connectivity index (χ0) is 11.0. The third kappa shape index (κ3) is 6.21. The summed E-state index contributed by atoms with van der Waals surface area (Å²) < 4.78 is 4.90. The number of carbonyl (C=O) groups is 1. The van der Waals surface area contributed by atoms with E-state index in [-0.39, 0.29) is 12.6 Å². The van der Waals surface area contributed by atoms with E-state index in [1.54, 1.807) is 7.11 Å². The molecular formula is C7H17N5O2. The maximum atomic E-state index is 10.4. The molecule has 0 aromatic carbocycles. The molecule has 0 aliphatic carbocycles. The van der Waals surface area contributed by atoms with Gasteiger partial charge >= 0.3 is 0 Å². The van der Waals surface area contributed by atoms with Crippen molar-refractivity contribution in [2.24, 2.45) is 16.6 Å². The topological polar surface area (TPSA) is 115 Å². The summed E-state index contributed by atoms with van der Waals surface area (Å²) in [5, 5.41) is 2.90. The number of methoxy groups -OCH3 is 1. The fourth-order valence-electron chi connectivity index (χ4n) is 0.815. The molecule has 0 aromatic rings. The Morgan fingerprint density at radius 3 is 2.71 bits per heavy atom. The predicted octanol–water partition coefficient (Wildman–Crippen LogP) is -2.08. The lowest BCUT2D eigenvalue weighted by atomic mass is 10.4. The van der Waals surface area contributed by atoms with Gasteiger partial charge < -0.3 is 15.8 Å². The molecule has 1 atom stereocenters. The molecule has 1 unspecified atom stereocenters. The number of nitrogens with zero attached hydrogens (tertiary/aromatic N) is 1. The van der Waals surface area contributed by atoms with Crippen LogP contribution < -0.4 is 22.3 Å². The smallest absolute Gasteiger partial charge is 0.239 e. The molecule has 0 aliphatic rings. The maximum absolute atomic E-state index is 10.4. The van der Waals surface area contributed by atoms with E-state index in [1.807, 2.05) is 6.92 Å². The summed E-state index contributed by atoms with van der Waals surface area (Å²) in [4.78, 5) is 14.2. The number of nitrogens with two attached hydrogens (primary N) is 2. The minimum absolute atomic E-state index is 0.0441. The van der Waals surface area contributed by atoms with Crippen LogP contribution in [0.1, 0.15) is 6.92 Å². The van der Waals surface area contributed by atoms with Gasteiger partial charge in [-0.3, -0.25) is 10.2 Å². The molecule has 0 saturated carbocycles.